The van der Waals surface area contributed by atoms with Crippen LogP contribution in [0.15, 0.2) is 0 Å². The molecule has 0 aliphatic carbocycles. The first-order valence-corrected chi connectivity index (χ1v) is 9.00. The van der Waals surface area contributed by atoms with Crippen molar-refractivity contribution in [1.82, 2.24) is 14.3 Å². The van der Waals surface area contributed by atoms with Gasteiger partial charge in [-0.3, -0.25) is 5.32 Å². The van der Waals surface area contributed by atoms with Crippen LogP contribution < -0.4 is 5.32 Å². The lowest BCUT2D eigenvalue weighted by atomic mass is 10.2. The number of hydrogen-bond acceptors (Lipinski definition) is 5. The molecule has 2 heterocycles. The fourth-order valence-electron chi connectivity index (χ4n) is 2.52. The zero-order valence-electron chi connectivity index (χ0n) is 13.5. The molecule has 0 spiro atoms. The van der Waals surface area contributed by atoms with Gasteiger partial charge in [-0.15, -0.1) is 0 Å². The van der Waals surface area contributed by atoms with E-state index >= 15 is 0 Å². The molecule has 1 aromatic rings. The summed E-state index contributed by atoms with van der Waals surface area (Å²) in [4.78, 5) is 18.5. The normalized spacial score (nSPS) is 19.0. The van der Waals surface area contributed by atoms with Gasteiger partial charge in [-0.2, -0.15) is 4.37 Å². The Morgan fingerprint density at radius 1 is 1.36 bits per heavy atom. The zero-order chi connectivity index (χ0) is 15.8. The number of aryl methyl sites for hydroxylation is 1. The molecule has 0 bridgehead atoms. The number of likely N-dealkylation sites (tertiary alicyclic amines) is 1. The number of nitrogens with one attached hydrogen (secondary N) is 1. The molecule has 0 radical (unpaired) electrons. The third kappa shape index (κ3) is 5.21. The number of urea groups is 1. The van der Waals surface area contributed by atoms with Gasteiger partial charge in [-0.1, -0.05) is 13.8 Å². The van der Waals surface area contributed by atoms with Crippen LogP contribution in [0.5, 0.6) is 0 Å². The first-order chi connectivity index (χ1) is 10.7. The van der Waals surface area contributed by atoms with E-state index in [0.717, 1.165) is 64.0 Å². The second-order valence-electron chi connectivity index (χ2n) is 5.61. The van der Waals surface area contributed by atoms with Crippen molar-refractivity contribution >= 4 is 22.7 Å². The SMILES string of the molecule is CCCO[C@@H]1CCCN(C(=O)Nc2nc(CCC)ns2)CC1. The molecule has 2 rings (SSSR count). The maximum Gasteiger partial charge on any atom is 0.323 e. The Bertz CT molecular complexity index is 466. The standard InChI is InChI=1S/C15H26N4O2S/c1-3-6-13-16-14(22-18-13)17-15(20)19-9-5-7-12(8-10-19)21-11-4-2/h12H,3-11H2,1-2H3,(H,16,17,18,20)/t12-/m1/s1. The van der Waals surface area contributed by atoms with Crippen molar-refractivity contribution in [3.05, 3.63) is 5.82 Å². The number of rotatable bonds is 6. The number of aromatic nitrogens is 2. The van der Waals surface area contributed by atoms with Crippen LogP contribution in [-0.2, 0) is 11.2 Å². The first-order valence-electron chi connectivity index (χ1n) is 8.23. The minimum atomic E-state index is -0.0738. The molecule has 0 aromatic carbocycles. The predicted octanol–water partition coefficient (Wildman–Crippen LogP) is 3.30. The quantitative estimate of drug-likeness (QED) is 0.871. The smallest absolute Gasteiger partial charge is 0.323 e. The molecule has 1 aliphatic heterocycles. The van der Waals surface area contributed by atoms with Gasteiger partial charge < -0.3 is 9.64 Å². The van der Waals surface area contributed by atoms with Crippen molar-refractivity contribution in [3.63, 3.8) is 0 Å². The van der Waals surface area contributed by atoms with Crippen molar-refractivity contribution in [2.45, 2.75) is 58.5 Å². The molecule has 1 aliphatic rings. The number of carbonyl (C=O) groups excluding carboxylic acids is 1. The molecule has 0 saturated carbocycles. The van der Waals surface area contributed by atoms with Crippen molar-refractivity contribution in [3.8, 4) is 0 Å². The van der Waals surface area contributed by atoms with E-state index in [4.69, 9.17) is 4.74 Å². The van der Waals surface area contributed by atoms with Gasteiger partial charge in [0, 0.05) is 37.6 Å². The Hall–Kier alpha value is -1.21. The van der Waals surface area contributed by atoms with E-state index in [1.54, 1.807) is 0 Å². The molecule has 2 amide bonds. The Balaban J connectivity index is 1.81. The van der Waals surface area contributed by atoms with Crippen LogP contribution in [0.4, 0.5) is 9.93 Å². The van der Waals surface area contributed by atoms with Crippen LogP contribution in [0, 0.1) is 0 Å². The maximum atomic E-state index is 12.3. The molecule has 7 heteroatoms. The molecule has 22 heavy (non-hydrogen) atoms. The minimum Gasteiger partial charge on any atom is -0.378 e. The van der Waals surface area contributed by atoms with Crippen molar-refractivity contribution in [2.75, 3.05) is 25.0 Å². The molecule has 6 nitrogen and oxygen atoms in total. The number of nitrogens with zero attached hydrogens (tertiary/aromatic N) is 3. The van der Waals surface area contributed by atoms with E-state index in [9.17, 15) is 4.79 Å². The van der Waals surface area contributed by atoms with Crippen molar-refractivity contribution in [2.24, 2.45) is 0 Å². The van der Waals surface area contributed by atoms with E-state index in [1.165, 1.54) is 11.5 Å². The van der Waals surface area contributed by atoms with Gasteiger partial charge in [0.1, 0.15) is 5.82 Å². The summed E-state index contributed by atoms with van der Waals surface area (Å²) in [6.45, 7) is 6.53. The lowest BCUT2D eigenvalue weighted by molar-refractivity contribution is 0.0446. The molecule has 1 atom stereocenters. The van der Waals surface area contributed by atoms with Crippen LogP contribution in [0.2, 0.25) is 0 Å². The second-order valence-corrected chi connectivity index (χ2v) is 6.36. The van der Waals surface area contributed by atoms with Gasteiger partial charge >= 0.3 is 6.03 Å². The Morgan fingerprint density at radius 3 is 3.00 bits per heavy atom. The van der Waals surface area contributed by atoms with Crippen molar-refractivity contribution < 1.29 is 9.53 Å². The fourth-order valence-corrected chi connectivity index (χ4v) is 3.12. The number of ether oxygens (including phenoxy) is 1. The van der Waals surface area contributed by atoms with Crippen LogP contribution in [0.1, 0.15) is 51.8 Å². The average molecular weight is 326 g/mol. The monoisotopic (exact) mass is 326 g/mol. The highest BCUT2D eigenvalue weighted by Gasteiger charge is 2.21. The molecule has 1 fully saturated rings. The summed E-state index contributed by atoms with van der Waals surface area (Å²) < 4.78 is 10.1. The highest BCUT2D eigenvalue weighted by Crippen LogP contribution is 2.17. The summed E-state index contributed by atoms with van der Waals surface area (Å²) in [7, 11) is 0. The summed E-state index contributed by atoms with van der Waals surface area (Å²) in [5.74, 6) is 0.812. The summed E-state index contributed by atoms with van der Waals surface area (Å²) in [6, 6.07) is -0.0738. The van der Waals surface area contributed by atoms with Crippen molar-refractivity contribution in [1.29, 1.82) is 0 Å². The lowest BCUT2D eigenvalue weighted by Crippen LogP contribution is -2.36. The Morgan fingerprint density at radius 2 is 2.23 bits per heavy atom. The number of carbonyl (C=O) groups is 1. The molecule has 1 N–H and O–H groups in total. The average Bonchev–Trinajstić information content (AvgIpc) is 2.81. The largest absolute Gasteiger partial charge is 0.378 e. The molecule has 1 aromatic heterocycles. The van der Waals surface area contributed by atoms with Gasteiger partial charge in [0.15, 0.2) is 0 Å². The van der Waals surface area contributed by atoms with E-state index in [-0.39, 0.29) is 12.1 Å². The van der Waals surface area contributed by atoms with Crippen LogP contribution in [-0.4, -0.2) is 46.1 Å². The summed E-state index contributed by atoms with van der Waals surface area (Å²) >= 11 is 1.25. The molecule has 124 valence electrons. The second kappa shape index (κ2) is 9.05. The summed E-state index contributed by atoms with van der Waals surface area (Å²) in [5.41, 5.74) is 0. The predicted molar refractivity (Wildman–Crippen MR) is 88.4 cm³/mol. The molecular weight excluding hydrogens is 300 g/mol. The van der Waals surface area contributed by atoms with Crippen LogP contribution >= 0.6 is 11.5 Å². The maximum absolute atomic E-state index is 12.3. The Labute approximate surface area is 136 Å². The van der Waals surface area contributed by atoms with Gasteiger partial charge in [0.2, 0.25) is 5.13 Å². The topological polar surface area (TPSA) is 67.3 Å². The van der Waals surface area contributed by atoms with Gasteiger partial charge in [0.25, 0.3) is 0 Å². The molecular formula is C15H26N4O2S. The summed E-state index contributed by atoms with van der Waals surface area (Å²) in [6.07, 6.45) is 6.11. The number of amides is 2. The van der Waals surface area contributed by atoms with Gasteiger partial charge in [0.05, 0.1) is 6.10 Å². The molecule has 1 saturated heterocycles. The fraction of sp³-hybridized carbons (Fsp3) is 0.800. The first kappa shape index (κ1) is 17.1. The zero-order valence-corrected chi connectivity index (χ0v) is 14.3. The number of hydrogen-bond donors (Lipinski definition) is 1. The van der Waals surface area contributed by atoms with E-state index in [2.05, 4.69) is 28.5 Å². The van der Waals surface area contributed by atoms with E-state index in [1.807, 2.05) is 4.90 Å². The minimum absolute atomic E-state index is 0.0738. The number of anilines is 1. The van der Waals surface area contributed by atoms with E-state index < -0.39 is 0 Å². The highest BCUT2D eigenvalue weighted by molar-refractivity contribution is 7.09. The third-order valence-corrected chi connectivity index (χ3v) is 4.34. The Kier molecular flexibility index (Phi) is 7.05. The van der Waals surface area contributed by atoms with Gasteiger partial charge in [-0.25, -0.2) is 9.78 Å². The van der Waals surface area contributed by atoms with Crippen LogP contribution in [0.25, 0.3) is 0 Å². The molecule has 0 unspecified atom stereocenters. The van der Waals surface area contributed by atoms with E-state index in [0.29, 0.717) is 5.13 Å². The summed E-state index contributed by atoms with van der Waals surface area (Å²) in [5, 5.41) is 3.46. The van der Waals surface area contributed by atoms with Gasteiger partial charge in [-0.05, 0) is 32.1 Å². The van der Waals surface area contributed by atoms with Crippen LogP contribution in [0.3, 0.4) is 0 Å². The highest BCUT2D eigenvalue weighted by atomic mass is 32.1. The third-order valence-electron chi connectivity index (χ3n) is 3.68. The lowest BCUT2D eigenvalue weighted by Gasteiger charge is -2.20.